The standard InChI is InChI=1S/C8H12N6O3/c15-7(16)5-2-1-3-14(5)8(17)9-4-6-10-12-13-11-6/h5H,1-4H2,(H,9,17)(H,15,16)(H,10,11,12,13). The van der Waals surface area contributed by atoms with Crippen LogP contribution in [0.3, 0.4) is 0 Å². The molecule has 1 aromatic rings. The van der Waals surface area contributed by atoms with E-state index in [1.165, 1.54) is 4.90 Å². The van der Waals surface area contributed by atoms with Crippen LogP contribution in [0.4, 0.5) is 4.79 Å². The molecular formula is C8H12N6O3. The summed E-state index contributed by atoms with van der Waals surface area (Å²) in [5.41, 5.74) is 0. The van der Waals surface area contributed by atoms with Crippen LogP contribution in [0.15, 0.2) is 0 Å². The normalized spacial score (nSPS) is 19.3. The predicted octanol–water partition coefficient (Wildman–Crippen LogP) is -1.04. The molecule has 2 rings (SSSR count). The highest BCUT2D eigenvalue weighted by molar-refractivity contribution is 5.83. The maximum atomic E-state index is 11.7. The second-order valence-electron chi connectivity index (χ2n) is 3.68. The molecule has 1 aliphatic rings. The van der Waals surface area contributed by atoms with Gasteiger partial charge in [-0.15, -0.1) is 10.2 Å². The number of aromatic nitrogens is 4. The number of aromatic amines is 1. The third kappa shape index (κ3) is 2.49. The van der Waals surface area contributed by atoms with Crippen molar-refractivity contribution in [3.63, 3.8) is 0 Å². The van der Waals surface area contributed by atoms with Gasteiger partial charge >= 0.3 is 12.0 Å². The first-order valence-electron chi connectivity index (χ1n) is 5.18. The molecule has 0 aliphatic carbocycles. The number of aliphatic carboxylic acids is 1. The Hall–Kier alpha value is -2.19. The van der Waals surface area contributed by atoms with E-state index in [4.69, 9.17) is 5.11 Å². The van der Waals surface area contributed by atoms with Crippen molar-refractivity contribution in [1.82, 2.24) is 30.8 Å². The Morgan fingerprint density at radius 2 is 2.41 bits per heavy atom. The van der Waals surface area contributed by atoms with Crippen molar-refractivity contribution in [2.75, 3.05) is 6.54 Å². The lowest BCUT2D eigenvalue weighted by molar-refractivity contribution is -0.141. The Labute approximate surface area is 96.2 Å². The molecule has 17 heavy (non-hydrogen) atoms. The van der Waals surface area contributed by atoms with E-state index >= 15 is 0 Å². The molecule has 0 radical (unpaired) electrons. The minimum Gasteiger partial charge on any atom is -0.480 e. The summed E-state index contributed by atoms with van der Waals surface area (Å²) in [4.78, 5) is 23.9. The molecule has 0 spiro atoms. The molecule has 1 saturated heterocycles. The molecular weight excluding hydrogens is 228 g/mol. The summed E-state index contributed by atoms with van der Waals surface area (Å²) >= 11 is 0. The number of hydrogen-bond acceptors (Lipinski definition) is 5. The van der Waals surface area contributed by atoms with E-state index in [-0.39, 0.29) is 6.54 Å². The molecule has 92 valence electrons. The number of hydrogen-bond donors (Lipinski definition) is 3. The maximum absolute atomic E-state index is 11.7. The monoisotopic (exact) mass is 240 g/mol. The fraction of sp³-hybridized carbons (Fsp3) is 0.625. The molecule has 1 aromatic heterocycles. The van der Waals surface area contributed by atoms with Crippen LogP contribution in [0, 0.1) is 0 Å². The van der Waals surface area contributed by atoms with Gasteiger partial charge in [-0.05, 0) is 12.8 Å². The lowest BCUT2D eigenvalue weighted by Crippen LogP contribution is -2.45. The van der Waals surface area contributed by atoms with Gasteiger partial charge in [0.1, 0.15) is 6.04 Å². The molecule has 2 amide bonds. The molecule has 9 heteroatoms. The molecule has 0 aromatic carbocycles. The Balaban J connectivity index is 1.89. The Kier molecular flexibility index (Phi) is 3.17. The highest BCUT2D eigenvalue weighted by atomic mass is 16.4. The zero-order valence-corrected chi connectivity index (χ0v) is 8.96. The van der Waals surface area contributed by atoms with E-state index in [0.29, 0.717) is 25.2 Å². The Bertz CT molecular complexity index is 405. The quantitative estimate of drug-likeness (QED) is 0.619. The van der Waals surface area contributed by atoms with Crippen molar-refractivity contribution >= 4 is 12.0 Å². The molecule has 9 nitrogen and oxygen atoms in total. The molecule has 1 unspecified atom stereocenters. The topological polar surface area (TPSA) is 124 Å². The number of carboxylic acids is 1. The average Bonchev–Trinajstić information content (AvgIpc) is 2.96. The lowest BCUT2D eigenvalue weighted by Gasteiger charge is -2.21. The van der Waals surface area contributed by atoms with Crippen LogP contribution in [0.5, 0.6) is 0 Å². The van der Waals surface area contributed by atoms with Crippen molar-refractivity contribution in [3.05, 3.63) is 5.82 Å². The van der Waals surface area contributed by atoms with Crippen molar-refractivity contribution in [1.29, 1.82) is 0 Å². The summed E-state index contributed by atoms with van der Waals surface area (Å²) in [7, 11) is 0. The minimum atomic E-state index is -0.975. The average molecular weight is 240 g/mol. The SMILES string of the molecule is O=C(O)C1CCCN1C(=O)NCc1nn[nH]n1. The van der Waals surface area contributed by atoms with Crippen LogP contribution in [0.25, 0.3) is 0 Å². The number of nitrogens with one attached hydrogen (secondary N) is 2. The van der Waals surface area contributed by atoms with Gasteiger partial charge in [-0.3, -0.25) is 0 Å². The first-order valence-corrected chi connectivity index (χ1v) is 5.18. The third-order valence-electron chi connectivity index (χ3n) is 2.59. The summed E-state index contributed by atoms with van der Waals surface area (Å²) < 4.78 is 0. The second kappa shape index (κ2) is 4.76. The molecule has 1 fully saturated rings. The van der Waals surface area contributed by atoms with Gasteiger partial charge in [0.15, 0.2) is 5.82 Å². The zero-order valence-electron chi connectivity index (χ0n) is 8.96. The first-order chi connectivity index (χ1) is 8.18. The summed E-state index contributed by atoms with van der Waals surface area (Å²) in [6, 6.07) is -1.15. The molecule has 1 aliphatic heterocycles. The number of carbonyl (C=O) groups is 2. The second-order valence-corrected chi connectivity index (χ2v) is 3.68. The number of rotatable bonds is 3. The highest BCUT2D eigenvalue weighted by Crippen LogP contribution is 2.17. The summed E-state index contributed by atoms with van der Waals surface area (Å²) in [5.74, 6) is -0.623. The van der Waals surface area contributed by atoms with Crippen LogP contribution >= 0.6 is 0 Å². The van der Waals surface area contributed by atoms with Crippen LogP contribution < -0.4 is 5.32 Å². The molecule has 1 atom stereocenters. The zero-order chi connectivity index (χ0) is 12.3. The largest absolute Gasteiger partial charge is 0.480 e. The van der Waals surface area contributed by atoms with Gasteiger partial charge in [0, 0.05) is 6.54 Å². The van der Waals surface area contributed by atoms with E-state index < -0.39 is 18.0 Å². The number of carbonyl (C=O) groups excluding carboxylic acids is 1. The van der Waals surface area contributed by atoms with Crippen molar-refractivity contribution in [2.45, 2.75) is 25.4 Å². The lowest BCUT2D eigenvalue weighted by atomic mass is 10.2. The summed E-state index contributed by atoms with van der Waals surface area (Å²) in [5, 5.41) is 24.4. The molecule has 0 saturated carbocycles. The highest BCUT2D eigenvalue weighted by Gasteiger charge is 2.33. The van der Waals surface area contributed by atoms with Gasteiger partial charge in [-0.2, -0.15) is 5.21 Å². The van der Waals surface area contributed by atoms with E-state index in [9.17, 15) is 9.59 Å². The van der Waals surface area contributed by atoms with E-state index in [2.05, 4.69) is 25.9 Å². The minimum absolute atomic E-state index is 0.123. The van der Waals surface area contributed by atoms with Crippen LogP contribution in [-0.4, -0.2) is 55.2 Å². The smallest absolute Gasteiger partial charge is 0.326 e. The first kappa shape index (κ1) is 11.3. The number of amides is 2. The number of H-pyrrole nitrogens is 1. The third-order valence-corrected chi connectivity index (χ3v) is 2.59. The van der Waals surface area contributed by atoms with Gasteiger partial charge in [-0.1, -0.05) is 5.21 Å². The van der Waals surface area contributed by atoms with Gasteiger partial charge in [0.05, 0.1) is 6.54 Å². The summed E-state index contributed by atoms with van der Waals surface area (Å²) in [6.45, 7) is 0.577. The van der Waals surface area contributed by atoms with Crippen LogP contribution in [0.2, 0.25) is 0 Å². The number of likely N-dealkylation sites (tertiary alicyclic amines) is 1. The van der Waals surface area contributed by atoms with Crippen LogP contribution in [-0.2, 0) is 11.3 Å². The van der Waals surface area contributed by atoms with Crippen molar-refractivity contribution in [2.24, 2.45) is 0 Å². The number of urea groups is 1. The molecule has 3 N–H and O–H groups in total. The van der Waals surface area contributed by atoms with Crippen molar-refractivity contribution in [3.8, 4) is 0 Å². The summed E-state index contributed by atoms with van der Waals surface area (Å²) in [6.07, 6.45) is 1.19. The fourth-order valence-electron chi connectivity index (χ4n) is 1.78. The predicted molar refractivity (Wildman–Crippen MR) is 53.8 cm³/mol. The van der Waals surface area contributed by atoms with Gasteiger partial charge < -0.3 is 15.3 Å². The van der Waals surface area contributed by atoms with Gasteiger partial charge in [0.25, 0.3) is 0 Å². The van der Waals surface area contributed by atoms with Crippen molar-refractivity contribution < 1.29 is 14.7 Å². The fourth-order valence-corrected chi connectivity index (χ4v) is 1.78. The molecule has 2 heterocycles. The maximum Gasteiger partial charge on any atom is 0.326 e. The van der Waals surface area contributed by atoms with Gasteiger partial charge in [-0.25, -0.2) is 9.59 Å². The number of nitrogens with zero attached hydrogens (tertiary/aromatic N) is 4. The Morgan fingerprint density at radius 3 is 3.06 bits per heavy atom. The van der Waals surface area contributed by atoms with E-state index in [1.54, 1.807) is 0 Å². The van der Waals surface area contributed by atoms with Crippen LogP contribution in [0.1, 0.15) is 18.7 Å². The Morgan fingerprint density at radius 1 is 1.59 bits per heavy atom. The number of tetrazole rings is 1. The van der Waals surface area contributed by atoms with E-state index in [0.717, 1.165) is 0 Å². The van der Waals surface area contributed by atoms with Gasteiger partial charge in [0.2, 0.25) is 0 Å². The molecule has 0 bridgehead atoms. The van der Waals surface area contributed by atoms with E-state index in [1.807, 2.05) is 0 Å². The number of carboxylic acid groups (broad SMARTS) is 1.